The molecule has 0 saturated heterocycles. The number of pyridine rings is 1. The molecule has 23 heavy (non-hydrogen) atoms. The van der Waals surface area contributed by atoms with Gasteiger partial charge in [0.1, 0.15) is 5.82 Å². The molecule has 6 nitrogen and oxygen atoms in total. The lowest BCUT2D eigenvalue weighted by Crippen LogP contribution is -2.15. The first-order chi connectivity index (χ1) is 11.2. The van der Waals surface area contributed by atoms with E-state index in [1.165, 1.54) is 13.3 Å². The number of anilines is 2. The van der Waals surface area contributed by atoms with E-state index in [9.17, 15) is 9.59 Å². The van der Waals surface area contributed by atoms with Gasteiger partial charge in [0.15, 0.2) is 0 Å². The SMILES string of the molecule is CCCNc1ccc(C(=O)Nc2ccccc2C(=O)OC)cn1. The van der Waals surface area contributed by atoms with E-state index in [1.807, 2.05) is 0 Å². The molecule has 2 N–H and O–H groups in total. The lowest BCUT2D eigenvalue weighted by molar-refractivity contribution is 0.0602. The van der Waals surface area contributed by atoms with Gasteiger partial charge in [0, 0.05) is 12.7 Å². The van der Waals surface area contributed by atoms with Gasteiger partial charge in [-0.05, 0) is 30.7 Å². The lowest BCUT2D eigenvalue weighted by Gasteiger charge is -2.10. The van der Waals surface area contributed by atoms with Gasteiger partial charge >= 0.3 is 5.97 Å². The second-order valence-electron chi connectivity index (χ2n) is 4.85. The van der Waals surface area contributed by atoms with Crippen molar-refractivity contribution in [2.75, 3.05) is 24.3 Å². The summed E-state index contributed by atoms with van der Waals surface area (Å²) in [6.07, 6.45) is 2.49. The molecule has 1 amide bonds. The van der Waals surface area contributed by atoms with Gasteiger partial charge in [-0.2, -0.15) is 0 Å². The molecule has 0 saturated carbocycles. The first-order valence-electron chi connectivity index (χ1n) is 7.34. The zero-order valence-electron chi connectivity index (χ0n) is 13.1. The number of carbonyl (C=O) groups excluding carboxylic acids is 2. The minimum atomic E-state index is -0.502. The summed E-state index contributed by atoms with van der Waals surface area (Å²) in [5, 5.41) is 5.84. The van der Waals surface area contributed by atoms with Crippen LogP contribution < -0.4 is 10.6 Å². The third-order valence-electron chi connectivity index (χ3n) is 3.16. The maximum Gasteiger partial charge on any atom is 0.339 e. The number of hydrogen-bond donors (Lipinski definition) is 2. The topological polar surface area (TPSA) is 80.3 Å². The van der Waals surface area contributed by atoms with Crippen LogP contribution in [0.25, 0.3) is 0 Å². The highest BCUT2D eigenvalue weighted by molar-refractivity contribution is 6.07. The fourth-order valence-corrected chi connectivity index (χ4v) is 1.96. The Balaban J connectivity index is 2.12. The van der Waals surface area contributed by atoms with Crippen molar-refractivity contribution in [1.29, 1.82) is 0 Å². The van der Waals surface area contributed by atoms with Crippen molar-refractivity contribution in [2.24, 2.45) is 0 Å². The first kappa shape index (κ1) is 16.5. The molecule has 2 aromatic rings. The Morgan fingerprint density at radius 3 is 2.61 bits per heavy atom. The molecule has 6 heteroatoms. The predicted molar refractivity (Wildman–Crippen MR) is 88.8 cm³/mol. The number of aromatic nitrogens is 1. The fourth-order valence-electron chi connectivity index (χ4n) is 1.96. The van der Waals surface area contributed by atoms with Crippen LogP contribution in [0, 0.1) is 0 Å². The summed E-state index contributed by atoms with van der Waals surface area (Å²) in [6.45, 7) is 2.89. The average molecular weight is 313 g/mol. The molecule has 1 aromatic carbocycles. The van der Waals surface area contributed by atoms with E-state index in [4.69, 9.17) is 4.74 Å². The molecule has 0 spiro atoms. The van der Waals surface area contributed by atoms with Crippen molar-refractivity contribution in [3.8, 4) is 0 Å². The smallest absolute Gasteiger partial charge is 0.339 e. The van der Waals surface area contributed by atoms with Crippen LogP contribution in [-0.2, 0) is 4.74 Å². The highest BCUT2D eigenvalue weighted by atomic mass is 16.5. The zero-order valence-corrected chi connectivity index (χ0v) is 13.1. The van der Waals surface area contributed by atoms with Gasteiger partial charge in [0.05, 0.1) is 23.9 Å². The molecule has 1 aromatic heterocycles. The number of benzene rings is 1. The van der Waals surface area contributed by atoms with Crippen LogP contribution in [0.2, 0.25) is 0 Å². The minimum Gasteiger partial charge on any atom is -0.465 e. The van der Waals surface area contributed by atoms with Crippen molar-refractivity contribution in [3.05, 3.63) is 53.7 Å². The number of nitrogens with zero attached hydrogens (tertiary/aromatic N) is 1. The Labute approximate surface area is 134 Å². The van der Waals surface area contributed by atoms with Crippen molar-refractivity contribution in [1.82, 2.24) is 4.98 Å². The summed E-state index contributed by atoms with van der Waals surface area (Å²) in [4.78, 5) is 28.2. The summed E-state index contributed by atoms with van der Waals surface area (Å²) in [7, 11) is 1.30. The second kappa shape index (κ2) is 7.93. The molecule has 0 aliphatic carbocycles. The Hall–Kier alpha value is -2.89. The monoisotopic (exact) mass is 313 g/mol. The van der Waals surface area contributed by atoms with Crippen molar-refractivity contribution in [2.45, 2.75) is 13.3 Å². The highest BCUT2D eigenvalue weighted by Gasteiger charge is 2.14. The molecule has 0 bridgehead atoms. The molecule has 0 unspecified atom stereocenters. The van der Waals surface area contributed by atoms with E-state index >= 15 is 0 Å². The van der Waals surface area contributed by atoms with E-state index in [-0.39, 0.29) is 5.91 Å². The standard InChI is InChI=1S/C17H19N3O3/c1-3-10-18-15-9-8-12(11-19-15)16(21)20-14-7-5-4-6-13(14)17(22)23-2/h4-9,11H,3,10H2,1-2H3,(H,18,19)(H,20,21). The summed E-state index contributed by atoms with van der Waals surface area (Å²) in [5.41, 5.74) is 1.11. The van der Waals surface area contributed by atoms with E-state index in [2.05, 4.69) is 22.5 Å². The maximum atomic E-state index is 12.3. The largest absolute Gasteiger partial charge is 0.465 e. The zero-order chi connectivity index (χ0) is 16.7. The number of amides is 1. The Morgan fingerprint density at radius 1 is 1.17 bits per heavy atom. The average Bonchev–Trinajstić information content (AvgIpc) is 2.60. The van der Waals surface area contributed by atoms with Crippen LogP contribution in [0.5, 0.6) is 0 Å². The molecule has 0 atom stereocenters. The Kier molecular flexibility index (Phi) is 5.68. The van der Waals surface area contributed by atoms with Crippen LogP contribution in [0.3, 0.4) is 0 Å². The van der Waals surface area contributed by atoms with Crippen molar-refractivity contribution in [3.63, 3.8) is 0 Å². The van der Waals surface area contributed by atoms with E-state index < -0.39 is 5.97 Å². The van der Waals surface area contributed by atoms with Crippen LogP contribution in [0.4, 0.5) is 11.5 Å². The molecule has 2 rings (SSSR count). The quantitative estimate of drug-likeness (QED) is 0.801. The number of nitrogens with one attached hydrogen (secondary N) is 2. The number of methoxy groups -OCH3 is 1. The molecule has 120 valence electrons. The van der Waals surface area contributed by atoms with Gasteiger partial charge in [0.2, 0.25) is 0 Å². The van der Waals surface area contributed by atoms with Crippen molar-refractivity contribution >= 4 is 23.4 Å². The number of para-hydroxylation sites is 1. The molecule has 1 heterocycles. The molecular formula is C17H19N3O3. The lowest BCUT2D eigenvalue weighted by atomic mass is 10.1. The Morgan fingerprint density at radius 2 is 1.96 bits per heavy atom. The maximum absolute atomic E-state index is 12.3. The molecule has 0 aliphatic heterocycles. The predicted octanol–water partition coefficient (Wildman–Crippen LogP) is 2.94. The highest BCUT2D eigenvalue weighted by Crippen LogP contribution is 2.17. The summed E-state index contributed by atoms with van der Waals surface area (Å²) in [6, 6.07) is 10.1. The van der Waals surface area contributed by atoms with Gasteiger partial charge in [-0.25, -0.2) is 9.78 Å². The number of carbonyl (C=O) groups is 2. The summed E-state index contributed by atoms with van der Waals surface area (Å²) < 4.78 is 4.71. The van der Waals surface area contributed by atoms with Gasteiger partial charge < -0.3 is 15.4 Å². The van der Waals surface area contributed by atoms with Gasteiger partial charge in [-0.1, -0.05) is 19.1 Å². The normalized spacial score (nSPS) is 10.0. The fraction of sp³-hybridized carbons (Fsp3) is 0.235. The minimum absolute atomic E-state index is 0.303. The number of esters is 1. The van der Waals surface area contributed by atoms with Crippen LogP contribution in [0.1, 0.15) is 34.1 Å². The van der Waals surface area contributed by atoms with E-state index in [0.29, 0.717) is 16.8 Å². The van der Waals surface area contributed by atoms with Gasteiger partial charge in [0.25, 0.3) is 5.91 Å². The molecule has 0 radical (unpaired) electrons. The van der Waals surface area contributed by atoms with Crippen LogP contribution in [-0.4, -0.2) is 30.5 Å². The third-order valence-corrected chi connectivity index (χ3v) is 3.16. The third kappa shape index (κ3) is 4.29. The number of hydrogen-bond acceptors (Lipinski definition) is 5. The molecular weight excluding hydrogens is 294 g/mol. The number of rotatable bonds is 6. The van der Waals surface area contributed by atoms with Crippen molar-refractivity contribution < 1.29 is 14.3 Å². The van der Waals surface area contributed by atoms with Gasteiger partial charge in [-0.15, -0.1) is 0 Å². The first-order valence-corrected chi connectivity index (χ1v) is 7.34. The van der Waals surface area contributed by atoms with E-state index in [0.717, 1.165) is 18.8 Å². The summed E-state index contributed by atoms with van der Waals surface area (Å²) in [5.74, 6) is -0.118. The number of ether oxygens (including phenoxy) is 1. The van der Waals surface area contributed by atoms with E-state index in [1.54, 1.807) is 36.4 Å². The Bertz CT molecular complexity index is 684. The summed E-state index contributed by atoms with van der Waals surface area (Å²) >= 11 is 0. The van der Waals surface area contributed by atoms with Gasteiger partial charge in [-0.3, -0.25) is 4.79 Å². The molecule has 0 fully saturated rings. The molecule has 0 aliphatic rings. The van der Waals surface area contributed by atoms with Crippen LogP contribution in [0.15, 0.2) is 42.6 Å². The van der Waals surface area contributed by atoms with Crippen LogP contribution >= 0.6 is 0 Å². The second-order valence-corrected chi connectivity index (χ2v) is 4.85.